The molecule has 1 atom stereocenters. The van der Waals surface area contributed by atoms with Crippen LogP contribution in [0.5, 0.6) is 0 Å². The van der Waals surface area contributed by atoms with Gasteiger partial charge in [-0.05, 0) is 55.7 Å². The lowest BCUT2D eigenvalue weighted by atomic mass is 9.93. The van der Waals surface area contributed by atoms with E-state index < -0.39 is 6.04 Å². The van der Waals surface area contributed by atoms with Crippen LogP contribution in [0, 0.1) is 5.41 Å². The number of nitrogens with zero attached hydrogens (tertiary/aromatic N) is 3. The highest BCUT2D eigenvalue weighted by atomic mass is 16.4. The maximum atomic E-state index is 12.7. The highest BCUT2D eigenvalue weighted by Gasteiger charge is 2.45. The van der Waals surface area contributed by atoms with E-state index in [-0.39, 0.29) is 17.8 Å². The van der Waals surface area contributed by atoms with Crippen LogP contribution < -0.4 is 10.6 Å². The van der Waals surface area contributed by atoms with Gasteiger partial charge in [-0.25, -0.2) is 0 Å². The van der Waals surface area contributed by atoms with Crippen LogP contribution in [0.2, 0.25) is 0 Å². The summed E-state index contributed by atoms with van der Waals surface area (Å²) in [5.74, 6) is 0.304. The number of rotatable bonds is 4. The normalized spacial score (nSPS) is 20.6. The fourth-order valence-corrected chi connectivity index (χ4v) is 4.24. The molecule has 8 heteroatoms. The number of fused-ring (bicyclic) bond motifs is 1. The molecule has 1 aromatic heterocycles. The summed E-state index contributed by atoms with van der Waals surface area (Å²) in [6, 6.07) is 5.20. The minimum absolute atomic E-state index is 0.0608. The van der Waals surface area contributed by atoms with Crippen LogP contribution in [-0.4, -0.2) is 46.0 Å². The first-order valence-corrected chi connectivity index (χ1v) is 9.84. The zero-order valence-electron chi connectivity index (χ0n) is 15.8. The van der Waals surface area contributed by atoms with Crippen LogP contribution in [0.1, 0.15) is 48.5 Å². The van der Waals surface area contributed by atoms with E-state index in [2.05, 4.69) is 20.8 Å². The summed E-state index contributed by atoms with van der Waals surface area (Å²) in [5, 5.41) is 14.0. The first kappa shape index (κ1) is 17.2. The number of amides is 2. The van der Waals surface area contributed by atoms with Crippen molar-refractivity contribution in [3.63, 3.8) is 0 Å². The third-order valence-corrected chi connectivity index (χ3v) is 6.31. The number of benzene rings is 1. The van der Waals surface area contributed by atoms with E-state index in [1.165, 1.54) is 12.8 Å². The fraction of sp³-hybridized carbons (Fsp3) is 0.500. The monoisotopic (exact) mass is 381 g/mol. The second-order valence-corrected chi connectivity index (χ2v) is 8.12. The topological polar surface area (TPSA) is 100 Å². The molecule has 146 valence electrons. The SMILES string of the molecule is C[C@@H](Nc1nnc(-c2cccc3c2CNC3=O)o1)C(=O)N1CCC2(CC1)CC2. The van der Waals surface area contributed by atoms with Gasteiger partial charge in [-0.15, -0.1) is 5.10 Å². The molecule has 0 radical (unpaired) electrons. The van der Waals surface area contributed by atoms with Crippen molar-refractivity contribution in [3.8, 4) is 11.5 Å². The second kappa shape index (κ2) is 6.32. The lowest BCUT2D eigenvalue weighted by Gasteiger charge is -2.33. The molecule has 28 heavy (non-hydrogen) atoms. The Bertz CT molecular complexity index is 939. The summed E-state index contributed by atoms with van der Waals surface area (Å²) >= 11 is 0. The molecular formula is C20H23N5O3. The molecule has 0 bridgehead atoms. The Morgan fingerprint density at radius 1 is 1.21 bits per heavy atom. The standard InChI is InChI=1S/C20H23N5O3/c1-12(18(27)25-9-7-20(5-6-20)8-10-25)22-19-24-23-17(28-19)14-4-2-3-13-15(14)11-21-16(13)26/h2-4,12H,5-11H2,1H3,(H,21,26)(H,22,24)/t12-/m1/s1. The summed E-state index contributed by atoms with van der Waals surface area (Å²) in [5.41, 5.74) is 2.77. The quantitative estimate of drug-likeness (QED) is 0.842. The minimum Gasteiger partial charge on any atom is -0.403 e. The average molecular weight is 381 g/mol. The number of nitrogens with one attached hydrogen (secondary N) is 2. The molecular weight excluding hydrogens is 358 g/mol. The van der Waals surface area contributed by atoms with Gasteiger partial charge in [0.25, 0.3) is 5.91 Å². The first-order valence-electron chi connectivity index (χ1n) is 9.84. The second-order valence-electron chi connectivity index (χ2n) is 8.12. The molecule has 3 aliphatic rings. The van der Waals surface area contributed by atoms with Gasteiger partial charge >= 0.3 is 6.01 Å². The van der Waals surface area contributed by atoms with Crippen LogP contribution >= 0.6 is 0 Å². The third kappa shape index (κ3) is 2.93. The average Bonchev–Trinajstić information content (AvgIpc) is 3.12. The minimum atomic E-state index is -0.439. The lowest BCUT2D eigenvalue weighted by molar-refractivity contribution is -0.133. The molecule has 2 amide bonds. The molecule has 1 spiro atoms. The van der Waals surface area contributed by atoms with Crippen LogP contribution in [0.4, 0.5) is 6.01 Å². The number of aromatic nitrogens is 2. The van der Waals surface area contributed by atoms with Crippen LogP contribution in [0.15, 0.2) is 22.6 Å². The Morgan fingerprint density at radius 2 is 1.96 bits per heavy atom. The molecule has 2 aliphatic heterocycles. The van der Waals surface area contributed by atoms with Crippen LogP contribution in [-0.2, 0) is 11.3 Å². The van der Waals surface area contributed by atoms with Gasteiger partial charge in [0, 0.05) is 30.8 Å². The number of hydrogen-bond donors (Lipinski definition) is 2. The van der Waals surface area contributed by atoms with Crippen molar-refractivity contribution in [2.24, 2.45) is 5.41 Å². The van der Waals surface area contributed by atoms with Gasteiger partial charge in [0.15, 0.2) is 0 Å². The van der Waals surface area contributed by atoms with Gasteiger partial charge in [0.2, 0.25) is 11.8 Å². The number of hydrogen-bond acceptors (Lipinski definition) is 6. The summed E-state index contributed by atoms with van der Waals surface area (Å²) in [6.07, 6.45) is 4.86. The number of carbonyl (C=O) groups is 2. The summed E-state index contributed by atoms with van der Waals surface area (Å²) in [7, 11) is 0. The molecule has 1 saturated heterocycles. The summed E-state index contributed by atoms with van der Waals surface area (Å²) < 4.78 is 5.74. The molecule has 0 unspecified atom stereocenters. The van der Waals surface area contributed by atoms with E-state index in [1.807, 2.05) is 17.9 Å². The van der Waals surface area contributed by atoms with E-state index in [1.54, 1.807) is 12.1 Å². The Hall–Kier alpha value is -2.90. The number of carbonyl (C=O) groups excluding carboxylic acids is 2. The summed E-state index contributed by atoms with van der Waals surface area (Å²) in [4.78, 5) is 26.5. The Morgan fingerprint density at radius 3 is 2.71 bits per heavy atom. The van der Waals surface area contributed by atoms with Crippen molar-refractivity contribution in [1.29, 1.82) is 0 Å². The smallest absolute Gasteiger partial charge is 0.316 e. The number of anilines is 1. The molecule has 2 aromatic rings. The van der Waals surface area contributed by atoms with E-state index in [0.29, 0.717) is 23.4 Å². The van der Waals surface area contributed by atoms with Crippen molar-refractivity contribution in [3.05, 3.63) is 29.3 Å². The molecule has 1 aromatic carbocycles. The highest BCUT2D eigenvalue weighted by molar-refractivity contribution is 6.00. The van der Waals surface area contributed by atoms with Crippen LogP contribution in [0.3, 0.4) is 0 Å². The van der Waals surface area contributed by atoms with Crippen molar-refractivity contribution < 1.29 is 14.0 Å². The van der Waals surface area contributed by atoms with Gasteiger partial charge in [0.1, 0.15) is 6.04 Å². The maximum Gasteiger partial charge on any atom is 0.316 e. The van der Waals surface area contributed by atoms with E-state index in [9.17, 15) is 9.59 Å². The third-order valence-electron chi connectivity index (χ3n) is 6.31. The first-order chi connectivity index (χ1) is 13.5. The fourth-order valence-electron chi connectivity index (χ4n) is 4.24. The van der Waals surface area contributed by atoms with E-state index >= 15 is 0 Å². The molecule has 5 rings (SSSR count). The van der Waals surface area contributed by atoms with Crippen molar-refractivity contribution in [2.75, 3.05) is 18.4 Å². The summed E-state index contributed by atoms with van der Waals surface area (Å²) in [6.45, 7) is 3.92. The van der Waals surface area contributed by atoms with Crippen molar-refractivity contribution in [2.45, 2.75) is 45.2 Å². The predicted octanol–water partition coefficient (Wildman–Crippen LogP) is 2.18. The molecule has 3 heterocycles. The van der Waals surface area contributed by atoms with Gasteiger partial charge < -0.3 is 20.0 Å². The zero-order valence-corrected chi connectivity index (χ0v) is 15.8. The van der Waals surface area contributed by atoms with Crippen molar-refractivity contribution >= 4 is 17.8 Å². The Kier molecular flexibility index (Phi) is 3.89. The molecule has 2 N–H and O–H groups in total. The van der Waals surface area contributed by atoms with Gasteiger partial charge in [-0.3, -0.25) is 9.59 Å². The Balaban J connectivity index is 1.27. The molecule has 1 aliphatic carbocycles. The van der Waals surface area contributed by atoms with Gasteiger partial charge in [0.05, 0.1) is 0 Å². The molecule has 8 nitrogen and oxygen atoms in total. The van der Waals surface area contributed by atoms with Gasteiger partial charge in [-0.2, -0.15) is 0 Å². The van der Waals surface area contributed by atoms with E-state index in [4.69, 9.17) is 4.42 Å². The number of likely N-dealkylation sites (tertiary alicyclic amines) is 1. The van der Waals surface area contributed by atoms with Crippen LogP contribution in [0.25, 0.3) is 11.5 Å². The lowest BCUT2D eigenvalue weighted by Crippen LogP contribution is -2.45. The highest BCUT2D eigenvalue weighted by Crippen LogP contribution is 2.53. The molecule has 1 saturated carbocycles. The zero-order chi connectivity index (χ0) is 19.3. The van der Waals surface area contributed by atoms with Gasteiger partial charge in [-0.1, -0.05) is 11.2 Å². The largest absolute Gasteiger partial charge is 0.403 e. The number of piperidine rings is 1. The Labute approximate surface area is 162 Å². The van der Waals surface area contributed by atoms with Crippen molar-refractivity contribution in [1.82, 2.24) is 20.4 Å². The van der Waals surface area contributed by atoms with E-state index in [0.717, 1.165) is 37.1 Å². The predicted molar refractivity (Wildman–Crippen MR) is 101 cm³/mol. The molecule has 2 fully saturated rings. The maximum absolute atomic E-state index is 12.7.